The Morgan fingerprint density at radius 2 is 2.36 bits per heavy atom. The van der Waals surface area contributed by atoms with Crippen molar-refractivity contribution in [1.82, 2.24) is 0 Å². The maximum Gasteiger partial charge on any atom is 0.126 e. The number of hydrogen-bond donors (Lipinski definition) is 1. The highest BCUT2D eigenvalue weighted by molar-refractivity contribution is 5.42. The van der Waals surface area contributed by atoms with E-state index >= 15 is 0 Å². The van der Waals surface area contributed by atoms with Crippen LogP contribution in [0.2, 0.25) is 0 Å². The molecule has 11 heavy (non-hydrogen) atoms. The molecule has 0 spiro atoms. The fourth-order valence-electron chi connectivity index (χ4n) is 0.843. The molecule has 1 heterocycles. The zero-order chi connectivity index (χ0) is 8.10. The molecule has 1 rings (SSSR count). The minimum absolute atomic E-state index is 0.0577. The normalized spacial score (nSPS) is 11.1. The van der Waals surface area contributed by atoms with E-state index in [1.54, 1.807) is 12.2 Å². The summed E-state index contributed by atoms with van der Waals surface area (Å²) in [5.41, 5.74) is 0. The standard InChI is InChI=1S/C9H12O2/c1-2-8-5-6-9(11-8)4-3-7-10/h3-6,10H,2,7H2,1H3. The number of aliphatic hydroxyl groups excluding tert-OH is 1. The molecular weight excluding hydrogens is 140 g/mol. The Morgan fingerprint density at radius 3 is 2.91 bits per heavy atom. The first-order valence-corrected chi connectivity index (χ1v) is 3.73. The minimum atomic E-state index is 0.0577. The second-order valence-corrected chi connectivity index (χ2v) is 2.24. The Labute approximate surface area is 66.2 Å². The number of furan rings is 1. The summed E-state index contributed by atoms with van der Waals surface area (Å²) in [7, 11) is 0. The summed E-state index contributed by atoms with van der Waals surface area (Å²) < 4.78 is 5.34. The number of rotatable bonds is 3. The van der Waals surface area contributed by atoms with E-state index < -0.39 is 0 Å². The molecule has 0 radical (unpaired) electrons. The summed E-state index contributed by atoms with van der Waals surface area (Å²) in [4.78, 5) is 0. The van der Waals surface area contributed by atoms with Gasteiger partial charge in [0.1, 0.15) is 11.5 Å². The van der Waals surface area contributed by atoms with Gasteiger partial charge in [0.15, 0.2) is 0 Å². The van der Waals surface area contributed by atoms with Gasteiger partial charge in [0.2, 0.25) is 0 Å². The van der Waals surface area contributed by atoms with Crippen molar-refractivity contribution in [3.63, 3.8) is 0 Å². The lowest BCUT2D eigenvalue weighted by Gasteiger charge is -1.85. The zero-order valence-corrected chi connectivity index (χ0v) is 6.58. The van der Waals surface area contributed by atoms with E-state index in [1.807, 2.05) is 19.1 Å². The quantitative estimate of drug-likeness (QED) is 0.717. The monoisotopic (exact) mass is 152 g/mol. The van der Waals surface area contributed by atoms with Crippen molar-refractivity contribution < 1.29 is 9.52 Å². The van der Waals surface area contributed by atoms with Crippen LogP contribution < -0.4 is 0 Å². The highest BCUT2D eigenvalue weighted by Gasteiger charge is 1.94. The summed E-state index contributed by atoms with van der Waals surface area (Å²) in [6.07, 6.45) is 4.32. The third kappa shape index (κ3) is 2.24. The van der Waals surface area contributed by atoms with E-state index in [2.05, 4.69) is 0 Å². The Morgan fingerprint density at radius 1 is 1.55 bits per heavy atom. The van der Waals surface area contributed by atoms with Gasteiger partial charge in [-0.25, -0.2) is 0 Å². The van der Waals surface area contributed by atoms with E-state index in [0.717, 1.165) is 17.9 Å². The maximum atomic E-state index is 8.46. The van der Waals surface area contributed by atoms with Crippen LogP contribution in [-0.2, 0) is 6.42 Å². The summed E-state index contributed by atoms with van der Waals surface area (Å²) in [6, 6.07) is 3.84. The predicted molar refractivity (Wildman–Crippen MR) is 44.2 cm³/mol. The van der Waals surface area contributed by atoms with Crippen LogP contribution in [0.25, 0.3) is 6.08 Å². The zero-order valence-electron chi connectivity index (χ0n) is 6.58. The van der Waals surface area contributed by atoms with Crippen LogP contribution in [0.3, 0.4) is 0 Å². The van der Waals surface area contributed by atoms with Gasteiger partial charge in [0, 0.05) is 6.42 Å². The molecule has 1 aromatic rings. The molecule has 0 unspecified atom stereocenters. The van der Waals surface area contributed by atoms with Crippen LogP contribution in [0.15, 0.2) is 22.6 Å². The molecule has 0 aliphatic rings. The van der Waals surface area contributed by atoms with Gasteiger partial charge in [-0.1, -0.05) is 13.0 Å². The molecule has 0 bridgehead atoms. The second-order valence-electron chi connectivity index (χ2n) is 2.24. The average Bonchev–Trinajstić information content (AvgIpc) is 2.48. The SMILES string of the molecule is CCc1ccc(C=CCO)o1. The van der Waals surface area contributed by atoms with Gasteiger partial charge < -0.3 is 9.52 Å². The smallest absolute Gasteiger partial charge is 0.126 e. The minimum Gasteiger partial charge on any atom is -0.462 e. The van der Waals surface area contributed by atoms with Crippen LogP contribution >= 0.6 is 0 Å². The van der Waals surface area contributed by atoms with Gasteiger partial charge in [-0.15, -0.1) is 0 Å². The molecule has 0 saturated heterocycles. The fourth-order valence-corrected chi connectivity index (χ4v) is 0.843. The predicted octanol–water partition coefficient (Wildman–Crippen LogP) is 1.85. The van der Waals surface area contributed by atoms with E-state index in [0.29, 0.717) is 0 Å². The Kier molecular flexibility index (Phi) is 2.93. The molecule has 2 heteroatoms. The van der Waals surface area contributed by atoms with Crippen LogP contribution in [0.1, 0.15) is 18.4 Å². The first kappa shape index (κ1) is 8.08. The van der Waals surface area contributed by atoms with Crippen molar-refractivity contribution in [3.8, 4) is 0 Å². The van der Waals surface area contributed by atoms with Crippen LogP contribution in [0.5, 0.6) is 0 Å². The summed E-state index contributed by atoms with van der Waals surface area (Å²) in [6.45, 7) is 2.10. The lowest BCUT2D eigenvalue weighted by molar-refractivity contribution is 0.343. The van der Waals surface area contributed by atoms with Crippen LogP contribution in [0, 0.1) is 0 Å². The van der Waals surface area contributed by atoms with Gasteiger partial charge >= 0.3 is 0 Å². The van der Waals surface area contributed by atoms with Crippen molar-refractivity contribution in [3.05, 3.63) is 29.7 Å². The number of aryl methyl sites for hydroxylation is 1. The average molecular weight is 152 g/mol. The third-order valence-corrected chi connectivity index (χ3v) is 1.42. The highest BCUT2D eigenvalue weighted by Crippen LogP contribution is 2.09. The molecule has 1 aromatic heterocycles. The fraction of sp³-hybridized carbons (Fsp3) is 0.333. The molecule has 1 N–H and O–H groups in total. The van der Waals surface area contributed by atoms with Crippen molar-refractivity contribution in [2.45, 2.75) is 13.3 Å². The largest absolute Gasteiger partial charge is 0.462 e. The number of hydrogen-bond acceptors (Lipinski definition) is 2. The lowest BCUT2D eigenvalue weighted by Crippen LogP contribution is -1.71. The first-order chi connectivity index (χ1) is 5.36. The maximum absolute atomic E-state index is 8.46. The van der Waals surface area contributed by atoms with Crippen molar-refractivity contribution >= 4 is 6.08 Å². The molecule has 0 amide bonds. The number of aliphatic hydroxyl groups is 1. The van der Waals surface area contributed by atoms with E-state index in [4.69, 9.17) is 9.52 Å². The van der Waals surface area contributed by atoms with Crippen molar-refractivity contribution in [2.75, 3.05) is 6.61 Å². The second kappa shape index (κ2) is 3.98. The van der Waals surface area contributed by atoms with Crippen molar-refractivity contribution in [2.24, 2.45) is 0 Å². The molecule has 60 valence electrons. The van der Waals surface area contributed by atoms with Crippen LogP contribution in [-0.4, -0.2) is 11.7 Å². The summed E-state index contributed by atoms with van der Waals surface area (Å²) in [5.74, 6) is 1.78. The Bertz CT molecular complexity index is 235. The van der Waals surface area contributed by atoms with Gasteiger partial charge in [-0.05, 0) is 18.2 Å². The van der Waals surface area contributed by atoms with Gasteiger partial charge in [-0.2, -0.15) is 0 Å². The third-order valence-electron chi connectivity index (χ3n) is 1.42. The summed E-state index contributed by atoms with van der Waals surface area (Å²) >= 11 is 0. The van der Waals surface area contributed by atoms with E-state index in [-0.39, 0.29) is 6.61 Å². The molecule has 0 fully saturated rings. The summed E-state index contributed by atoms with van der Waals surface area (Å²) in [5, 5.41) is 8.46. The molecular formula is C9H12O2. The topological polar surface area (TPSA) is 33.4 Å². The first-order valence-electron chi connectivity index (χ1n) is 3.73. The molecule has 0 aliphatic carbocycles. The molecule has 0 aromatic carbocycles. The lowest BCUT2D eigenvalue weighted by atomic mass is 10.3. The van der Waals surface area contributed by atoms with Gasteiger partial charge in [0.25, 0.3) is 0 Å². The highest BCUT2D eigenvalue weighted by atomic mass is 16.3. The van der Waals surface area contributed by atoms with Gasteiger partial charge in [0.05, 0.1) is 6.61 Å². The molecule has 0 atom stereocenters. The van der Waals surface area contributed by atoms with Crippen LogP contribution in [0.4, 0.5) is 0 Å². The molecule has 2 nitrogen and oxygen atoms in total. The Hall–Kier alpha value is -1.02. The van der Waals surface area contributed by atoms with E-state index in [1.165, 1.54) is 0 Å². The Balaban J connectivity index is 2.65. The van der Waals surface area contributed by atoms with Crippen molar-refractivity contribution in [1.29, 1.82) is 0 Å². The van der Waals surface area contributed by atoms with E-state index in [9.17, 15) is 0 Å². The molecule has 0 aliphatic heterocycles. The molecule has 0 saturated carbocycles. The van der Waals surface area contributed by atoms with Gasteiger partial charge in [-0.3, -0.25) is 0 Å².